The van der Waals surface area contributed by atoms with Gasteiger partial charge in [-0.1, -0.05) is 41.5 Å². The van der Waals surface area contributed by atoms with Gasteiger partial charge in [-0.3, -0.25) is 15.3 Å². The van der Waals surface area contributed by atoms with Crippen molar-refractivity contribution in [3.8, 4) is 0 Å². The number of allylic oxidation sites excluding steroid dienone is 6. The third-order valence-electron chi connectivity index (χ3n) is 7.41. The Kier molecular flexibility index (Phi) is 7.16. The summed E-state index contributed by atoms with van der Waals surface area (Å²) in [6.45, 7) is 4.10. The van der Waals surface area contributed by atoms with Crippen LogP contribution in [0.3, 0.4) is 0 Å². The van der Waals surface area contributed by atoms with Gasteiger partial charge in [-0.05, 0) is 72.6 Å². The van der Waals surface area contributed by atoms with Crippen molar-refractivity contribution >= 4 is 23.4 Å². The number of halogens is 1. The van der Waals surface area contributed by atoms with Crippen molar-refractivity contribution in [2.75, 3.05) is 40.3 Å². The first-order valence-corrected chi connectivity index (χ1v) is 12.6. The minimum absolute atomic E-state index is 0.272. The molecule has 1 saturated heterocycles. The van der Waals surface area contributed by atoms with Crippen LogP contribution in [0.25, 0.3) is 5.57 Å². The Labute approximate surface area is 208 Å². The molecule has 4 aliphatic rings. The van der Waals surface area contributed by atoms with Crippen LogP contribution in [0.2, 0.25) is 5.02 Å². The van der Waals surface area contributed by atoms with Gasteiger partial charge >= 0.3 is 0 Å². The first-order valence-electron chi connectivity index (χ1n) is 12.3. The molecule has 1 aromatic carbocycles. The van der Waals surface area contributed by atoms with Crippen molar-refractivity contribution in [2.45, 2.75) is 31.3 Å². The van der Waals surface area contributed by atoms with E-state index in [9.17, 15) is 0 Å². The lowest BCUT2D eigenvalue weighted by atomic mass is 9.88. The molecule has 3 aliphatic heterocycles. The van der Waals surface area contributed by atoms with Gasteiger partial charge in [0.15, 0.2) is 0 Å². The summed E-state index contributed by atoms with van der Waals surface area (Å²) >= 11 is 6.59. The molecule has 0 saturated carbocycles. The molecule has 0 spiro atoms. The number of nitrogens with one attached hydrogen (secondary N) is 1. The summed E-state index contributed by atoms with van der Waals surface area (Å²) in [5, 5.41) is 3.11. The van der Waals surface area contributed by atoms with Gasteiger partial charge in [0.05, 0.1) is 12.1 Å². The zero-order valence-corrected chi connectivity index (χ0v) is 20.9. The Morgan fingerprint density at radius 3 is 2.74 bits per heavy atom. The van der Waals surface area contributed by atoms with E-state index in [0.29, 0.717) is 0 Å². The number of aliphatic imine (C=N–C) groups is 1. The second-order valence-electron chi connectivity index (χ2n) is 9.41. The molecular weight excluding hydrogens is 442 g/mol. The minimum atomic E-state index is 0.272. The summed E-state index contributed by atoms with van der Waals surface area (Å²) in [6.07, 6.45) is 20.2. The van der Waals surface area contributed by atoms with E-state index in [4.69, 9.17) is 11.6 Å². The van der Waals surface area contributed by atoms with Crippen LogP contribution in [-0.2, 0) is 0 Å². The molecule has 0 amide bonds. The van der Waals surface area contributed by atoms with Crippen LogP contribution in [0.1, 0.15) is 36.4 Å². The molecule has 0 aromatic heterocycles. The second kappa shape index (κ2) is 10.4. The fraction of sp³-hybridized carbons (Fsp3) is 0.393. The number of benzene rings is 1. The van der Waals surface area contributed by atoms with E-state index >= 15 is 0 Å². The molecule has 1 N–H and O–H groups in total. The van der Waals surface area contributed by atoms with E-state index in [0.717, 1.165) is 50.5 Å². The van der Waals surface area contributed by atoms with Gasteiger partial charge in [-0.25, -0.2) is 5.01 Å². The number of hydrogen-bond acceptors (Lipinski definition) is 5. The third-order valence-corrected chi connectivity index (χ3v) is 7.65. The molecule has 34 heavy (non-hydrogen) atoms. The summed E-state index contributed by atoms with van der Waals surface area (Å²) in [6, 6.07) is 7.07. The maximum atomic E-state index is 6.59. The van der Waals surface area contributed by atoms with E-state index in [-0.39, 0.29) is 12.1 Å². The average Bonchev–Trinajstić information content (AvgIpc) is 3.19. The summed E-state index contributed by atoms with van der Waals surface area (Å²) in [7, 11) is 4.22. The lowest BCUT2D eigenvalue weighted by Crippen LogP contribution is -2.54. The highest BCUT2D eigenvalue weighted by Crippen LogP contribution is 2.43. The largest absolute Gasteiger partial charge is 0.371 e. The zero-order valence-electron chi connectivity index (χ0n) is 20.1. The van der Waals surface area contributed by atoms with E-state index in [1.54, 1.807) is 0 Å². The number of rotatable bonds is 5. The van der Waals surface area contributed by atoms with E-state index in [1.165, 1.54) is 27.8 Å². The maximum Gasteiger partial charge on any atom is 0.0731 e. The quantitative estimate of drug-likeness (QED) is 0.651. The molecule has 2 atom stereocenters. The lowest BCUT2D eigenvalue weighted by molar-refractivity contribution is 0.0492. The molecule has 5 rings (SSSR count). The molecule has 1 aliphatic carbocycles. The van der Waals surface area contributed by atoms with Crippen molar-refractivity contribution in [3.63, 3.8) is 0 Å². The van der Waals surface area contributed by atoms with E-state index in [1.807, 2.05) is 25.5 Å². The molecule has 1 fully saturated rings. The first-order chi connectivity index (χ1) is 16.6. The van der Waals surface area contributed by atoms with Crippen LogP contribution in [0.4, 0.5) is 0 Å². The fourth-order valence-corrected chi connectivity index (χ4v) is 5.78. The fourth-order valence-electron chi connectivity index (χ4n) is 5.60. The highest BCUT2D eigenvalue weighted by atomic mass is 35.5. The van der Waals surface area contributed by atoms with Gasteiger partial charge < -0.3 is 4.90 Å². The smallest absolute Gasteiger partial charge is 0.0731 e. The zero-order chi connectivity index (χ0) is 23.5. The van der Waals surface area contributed by atoms with E-state index in [2.05, 4.69) is 81.0 Å². The van der Waals surface area contributed by atoms with Crippen LogP contribution in [0.15, 0.2) is 77.1 Å². The van der Waals surface area contributed by atoms with Gasteiger partial charge in [-0.15, -0.1) is 0 Å². The standard InChI is InChI=1S/C28H34ClN5/c1-30-34-17-15-33(16-18-34)28-25-10-9-24(29)20-26(25)22(8-7-21-5-3-12-31-13-11-21)19-23-6-4-14-32(2)27(23)28/h3-6,9-10,12-14,19-20,27-28,30H,7-8,11,15-18H2,1-2H3. The summed E-state index contributed by atoms with van der Waals surface area (Å²) in [4.78, 5) is 9.34. The molecule has 6 heteroatoms. The highest BCUT2D eigenvalue weighted by molar-refractivity contribution is 6.30. The third kappa shape index (κ3) is 4.84. The Morgan fingerprint density at radius 2 is 1.91 bits per heavy atom. The maximum absolute atomic E-state index is 6.59. The van der Waals surface area contributed by atoms with Crippen LogP contribution in [0, 0.1) is 0 Å². The normalized spacial score (nSPS) is 25.1. The van der Waals surface area contributed by atoms with Crippen LogP contribution >= 0.6 is 11.6 Å². The molecule has 5 nitrogen and oxygen atoms in total. The molecule has 0 radical (unpaired) electrons. The Morgan fingerprint density at radius 1 is 1.06 bits per heavy atom. The highest BCUT2D eigenvalue weighted by Gasteiger charge is 2.38. The summed E-state index contributed by atoms with van der Waals surface area (Å²) in [5.41, 5.74) is 10.2. The Balaban J connectivity index is 1.53. The van der Waals surface area contributed by atoms with Crippen molar-refractivity contribution in [1.82, 2.24) is 20.2 Å². The number of fused-ring (bicyclic) bond motifs is 2. The van der Waals surface area contributed by atoms with Crippen molar-refractivity contribution < 1.29 is 0 Å². The SMILES string of the molecule is CNN1CCN(C2c3ccc(Cl)cc3C(CCC3=CC=CN=CC3)=CC3=CC=CN(C)C32)CC1. The van der Waals surface area contributed by atoms with Gasteiger partial charge in [0.1, 0.15) is 0 Å². The number of piperazine rings is 1. The molecule has 3 heterocycles. The molecule has 178 valence electrons. The van der Waals surface area contributed by atoms with Crippen molar-refractivity contribution in [3.05, 3.63) is 88.3 Å². The predicted octanol–water partition coefficient (Wildman–Crippen LogP) is 4.98. The number of hydrogen-bond donors (Lipinski definition) is 1. The van der Waals surface area contributed by atoms with Crippen LogP contribution in [0.5, 0.6) is 0 Å². The molecular formula is C28H34ClN5. The lowest BCUT2D eigenvalue weighted by Gasteiger charge is -2.45. The number of nitrogens with zero attached hydrogens (tertiary/aromatic N) is 4. The molecule has 1 aromatic rings. The Bertz CT molecular complexity index is 1090. The predicted molar refractivity (Wildman–Crippen MR) is 143 cm³/mol. The monoisotopic (exact) mass is 475 g/mol. The van der Waals surface area contributed by atoms with Gasteiger partial charge in [0.25, 0.3) is 0 Å². The Hall–Kier alpha value is -2.44. The van der Waals surface area contributed by atoms with Crippen molar-refractivity contribution in [1.29, 1.82) is 0 Å². The summed E-state index contributed by atoms with van der Waals surface area (Å²) < 4.78 is 0. The van der Waals surface area contributed by atoms with Crippen LogP contribution < -0.4 is 5.43 Å². The summed E-state index contributed by atoms with van der Waals surface area (Å²) in [5.74, 6) is 0. The second-order valence-corrected chi connectivity index (χ2v) is 9.85. The number of hydrazine groups is 1. The number of likely N-dealkylation sites (N-methyl/N-ethyl adjacent to an activating group) is 1. The van der Waals surface area contributed by atoms with Crippen LogP contribution in [-0.4, -0.2) is 67.3 Å². The topological polar surface area (TPSA) is 34.1 Å². The van der Waals surface area contributed by atoms with Gasteiger partial charge in [0, 0.05) is 57.1 Å². The van der Waals surface area contributed by atoms with Gasteiger partial charge in [-0.2, -0.15) is 0 Å². The average molecular weight is 476 g/mol. The first kappa shape index (κ1) is 23.3. The van der Waals surface area contributed by atoms with Crippen molar-refractivity contribution in [2.24, 2.45) is 4.99 Å². The van der Waals surface area contributed by atoms with E-state index < -0.39 is 0 Å². The van der Waals surface area contributed by atoms with Gasteiger partial charge in [0.2, 0.25) is 0 Å². The molecule has 2 unspecified atom stereocenters. The minimum Gasteiger partial charge on any atom is -0.371 e. The molecule has 0 bridgehead atoms.